The molecule has 92 valence electrons. The van der Waals surface area contributed by atoms with Crippen molar-refractivity contribution in [1.29, 1.82) is 0 Å². The van der Waals surface area contributed by atoms with Crippen LogP contribution in [0.1, 0.15) is 16.9 Å². The van der Waals surface area contributed by atoms with E-state index in [2.05, 4.69) is 11.8 Å². The largest absolute Gasteiger partial charge is 0.320 e. The van der Waals surface area contributed by atoms with E-state index in [1.807, 2.05) is 11.4 Å². The van der Waals surface area contributed by atoms with E-state index in [9.17, 15) is 9.59 Å². The molecule has 1 saturated carbocycles. The van der Waals surface area contributed by atoms with E-state index in [0.717, 1.165) is 16.9 Å². The van der Waals surface area contributed by atoms with Crippen LogP contribution in [-0.4, -0.2) is 23.3 Å². The van der Waals surface area contributed by atoms with E-state index in [-0.39, 0.29) is 23.7 Å². The van der Waals surface area contributed by atoms with Crippen LogP contribution < -0.4 is 5.73 Å². The number of likely N-dealkylation sites (tertiary alicyclic amines) is 1. The van der Waals surface area contributed by atoms with E-state index in [1.54, 1.807) is 0 Å². The topological polar surface area (TPSA) is 63.4 Å². The predicted molar refractivity (Wildman–Crippen MR) is 67.4 cm³/mol. The van der Waals surface area contributed by atoms with Gasteiger partial charge < -0.3 is 5.73 Å². The van der Waals surface area contributed by atoms with Gasteiger partial charge >= 0.3 is 0 Å². The number of thiophene rings is 1. The van der Waals surface area contributed by atoms with Crippen LogP contribution in [0, 0.1) is 23.7 Å². The zero-order valence-corrected chi connectivity index (χ0v) is 10.5. The number of nitrogens with zero attached hydrogens (tertiary/aromatic N) is 1. The minimum atomic E-state index is -0.0314. The summed E-state index contributed by atoms with van der Waals surface area (Å²) in [6.07, 6.45) is 0.748. The standard InChI is InChI=1S/C13H12N2O2S/c14-4-1-2-8-3-5-18-11(8)7-15-12(16)9-6-10(9)13(15)17/h3,5,9-10H,4,6-7,14H2. The first-order valence-electron chi connectivity index (χ1n) is 5.83. The zero-order chi connectivity index (χ0) is 12.7. The molecule has 1 aliphatic carbocycles. The molecule has 2 unspecified atom stereocenters. The number of fused-ring (bicyclic) bond motifs is 1. The number of carbonyl (C=O) groups excluding carboxylic acids is 2. The van der Waals surface area contributed by atoms with Crippen LogP contribution in [0.25, 0.3) is 0 Å². The van der Waals surface area contributed by atoms with Crippen LogP contribution in [-0.2, 0) is 16.1 Å². The molecule has 0 bridgehead atoms. The molecule has 0 spiro atoms. The fraction of sp³-hybridized carbons (Fsp3) is 0.385. The van der Waals surface area contributed by atoms with E-state index >= 15 is 0 Å². The molecule has 2 heterocycles. The Morgan fingerprint density at radius 3 is 2.78 bits per heavy atom. The van der Waals surface area contributed by atoms with Crippen molar-refractivity contribution in [2.24, 2.45) is 17.6 Å². The lowest BCUT2D eigenvalue weighted by molar-refractivity contribution is -0.141. The average molecular weight is 260 g/mol. The smallest absolute Gasteiger partial charge is 0.233 e. The number of piperidine rings is 1. The molecule has 3 rings (SSSR count). The fourth-order valence-electron chi connectivity index (χ4n) is 2.27. The second kappa shape index (κ2) is 4.23. The van der Waals surface area contributed by atoms with Crippen molar-refractivity contribution < 1.29 is 9.59 Å². The fourth-order valence-corrected chi connectivity index (χ4v) is 3.09. The van der Waals surface area contributed by atoms with Crippen molar-refractivity contribution in [2.75, 3.05) is 6.54 Å². The summed E-state index contributed by atoms with van der Waals surface area (Å²) in [6, 6.07) is 1.90. The summed E-state index contributed by atoms with van der Waals surface area (Å²) in [5.74, 6) is 5.66. The number of hydrogen-bond acceptors (Lipinski definition) is 4. The van der Waals surface area contributed by atoms with Crippen molar-refractivity contribution in [3.05, 3.63) is 21.9 Å². The number of amides is 2. The molecule has 1 saturated heterocycles. The van der Waals surface area contributed by atoms with Crippen molar-refractivity contribution in [2.45, 2.75) is 13.0 Å². The third kappa shape index (κ3) is 1.74. The number of rotatable bonds is 2. The molecule has 0 radical (unpaired) electrons. The minimum absolute atomic E-state index is 0.0175. The van der Waals surface area contributed by atoms with Gasteiger partial charge in [0.2, 0.25) is 11.8 Å². The summed E-state index contributed by atoms with van der Waals surface area (Å²) in [4.78, 5) is 26.1. The molecular weight excluding hydrogens is 248 g/mol. The van der Waals surface area contributed by atoms with Crippen LogP contribution in [0.4, 0.5) is 0 Å². The average Bonchev–Trinajstić information content (AvgIpc) is 2.99. The molecule has 1 aliphatic heterocycles. The summed E-state index contributed by atoms with van der Waals surface area (Å²) in [5, 5.41) is 1.92. The maximum Gasteiger partial charge on any atom is 0.233 e. The molecular formula is C13H12N2O2S. The van der Waals surface area contributed by atoms with E-state index < -0.39 is 0 Å². The van der Waals surface area contributed by atoms with Gasteiger partial charge in [-0.1, -0.05) is 11.8 Å². The lowest BCUT2D eigenvalue weighted by atomic mass is 10.2. The van der Waals surface area contributed by atoms with Gasteiger partial charge in [-0.25, -0.2) is 0 Å². The lowest BCUT2D eigenvalue weighted by Gasteiger charge is -2.15. The van der Waals surface area contributed by atoms with E-state index in [0.29, 0.717) is 13.1 Å². The Labute approximate surface area is 109 Å². The van der Waals surface area contributed by atoms with Crippen LogP contribution >= 0.6 is 11.3 Å². The Hall–Kier alpha value is -1.64. The molecule has 4 nitrogen and oxygen atoms in total. The quantitative estimate of drug-likeness (QED) is 0.624. The summed E-state index contributed by atoms with van der Waals surface area (Å²) in [6.45, 7) is 0.665. The van der Waals surface area contributed by atoms with E-state index in [4.69, 9.17) is 5.73 Å². The molecule has 2 N–H and O–H groups in total. The molecule has 2 amide bonds. The first-order valence-corrected chi connectivity index (χ1v) is 6.71. The highest BCUT2D eigenvalue weighted by molar-refractivity contribution is 7.10. The van der Waals surface area contributed by atoms with Crippen molar-refractivity contribution >= 4 is 23.2 Å². The maximum absolute atomic E-state index is 11.9. The Morgan fingerprint density at radius 2 is 2.11 bits per heavy atom. The summed E-state index contributed by atoms with van der Waals surface area (Å²) < 4.78 is 0. The third-order valence-corrected chi connectivity index (χ3v) is 4.23. The van der Waals surface area contributed by atoms with Gasteiger partial charge in [0.25, 0.3) is 0 Å². The van der Waals surface area contributed by atoms with Crippen molar-refractivity contribution in [3.63, 3.8) is 0 Å². The van der Waals surface area contributed by atoms with E-state index in [1.165, 1.54) is 16.2 Å². The maximum atomic E-state index is 11.9. The predicted octanol–water partition coefficient (Wildman–Crippen LogP) is 0.563. The van der Waals surface area contributed by atoms with Gasteiger partial charge in [0.1, 0.15) is 0 Å². The number of hydrogen-bond donors (Lipinski definition) is 1. The van der Waals surface area contributed by atoms with Gasteiger partial charge in [-0.2, -0.15) is 0 Å². The SMILES string of the molecule is NCC#Cc1ccsc1CN1C(=O)C2CC2C1=O. The monoisotopic (exact) mass is 260 g/mol. The molecule has 5 heteroatoms. The Bertz CT molecular complexity index is 561. The highest BCUT2D eigenvalue weighted by Gasteiger charge is 2.58. The normalized spacial score (nSPS) is 24.8. The minimum Gasteiger partial charge on any atom is -0.320 e. The van der Waals surface area contributed by atoms with Gasteiger partial charge in [0, 0.05) is 10.4 Å². The first-order chi connectivity index (χ1) is 8.72. The van der Waals surface area contributed by atoms with Gasteiger partial charge in [0.15, 0.2) is 0 Å². The van der Waals surface area contributed by atoms with Crippen LogP contribution in [0.5, 0.6) is 0 Å². The molecule has 18 heavy (non-hydrogen) atoms. The van der Waals surface area contributed by atoms with Gasteiger partial charge in [-0.3, -0.25) is 14.5 Å². The van der Waals surface area contributed by atoms with Crippen LogP contribution in [0.3, 0.4) is 0 Å². The second-order valence-corrected chi connectivity index (χ2v) is 5.48. The molecule has 0 aromatic carbocycles. The number of imide groups is 1. The molecule has 1 aromatic heterocycles. The summed E-state index contributed by atoms with van der Waals surface area (Å²) in [5.41, 5.74) is 6.21. The van der Waals surface area contributed by atoms with Crippen LogP contribution in [0.15, 0.2) is 11.4 Å². The van der Waals surface area contributed by atoms with Crippen molar-refractivity contribution in [1.82, 2.24) is 4.90 Å². The Balaban J connectivity index is 1.79. The number of nitrogens with two attached hydrogens (primary N) is 1. The van der Waals surface area contributed by atoms with Gasteiger partial charge in [-0.15, -0.1) is 11.3 Å². The zero-order valence-electron chi connectivity index (χ0n) is 9.68. The first kappa shape index (κ1) is 11.5. The Morgan fingerprint density at radius 1 is 1.39 bits per heavy atom. The van der Waals surface area contributed by atoms with Crippen molar-refractivity contribution in [3.8, 4) is 11.8 Å². The summed E-state index contributed by atoms with van der Waals surface area (Å²) in [7, 11) is 0. The molecule has 2 fully saturated rings. The van der Waals surface area contributed by atoms with Gasteiger partial charge in [-0.05, 0) is 17.9 Å². The summed E-state index contributed by atoms with van der Waals surface area (Å²) >= 11 is 1.52. The lowest BCUT2D eigenvalue weighted by Crippen LogP contribution is -2.32. The highest BCUT2D eigenvalue weighted by atomic mass is 32.1. The molecule has 1 aromatic rings. The highest BCUT2D eigenvalue weighted by Crippen LogP contribution is 2.47. The number of carbonyl (C=O) groups is 2. The molecule has 2 aliphatic rings. The second-order valence-electron chi connectivity index (χ2n) is 4.47. The Kier molecular flexibility index (Phi) is 2.69. The third-order valence-electron chi connectivity index (χ3n) is 3.33. The molecule has 2 atom stereocenters. The van der Waals surface area contributed by atoms with Crippen LogP contribution in [0.2, 0.25) is 0 Å². The van der Waals surface area contributed by atoms with Gasteiger partial charge in [0.05, 0.1) is 24.9 Å².